The number of pyridine rings is 1. The molecule has 0 saturated carbocycles. The predicted molar refractivity (Wildman–Crippen MR) is 68.1 cm³/mol. The molecule has 0 aromatic carbocycles. The Kier molecular flexibility index (Phi) is 5.85. The molecule has 0 aliphatic heterocycles. The van der Waals surface area contributed by atoms with Crippen LogP contribution in [0, 0.1) is 5.82 Å². The Morgan fingerprint density at radius 1 is 1.53 bits per heavy atom. The van der Waals surface area contributed by atoms with Crippen LogP contribution in [0.2, 0.25) is 0 Å². The first-order valence-corrected chi connectivity index (χ1v) is 6.07. The summed E-state index contributed by atoms with van der Waals surface area (Å²) in [6, 6.07) is 2.73. The van der Waals surface area contributed by atoms with Crippen LogP contribution in [0.3, 0.4) is 0 Å². The number of nitrogens with one attached hydrogen (secondary N) is 1. The molecule has 106 valence electrons. The van der Waals surface area contributed by atoms with Gasteiger partial charge in [-0.2, -0.15) is 0 Å². The van der Waals surface area contributed by atoms with Crippen molar-refractivity contribution in [3.8, 4) is 0 Å². The molecule has 0 fully saturated rings. The first-order valence-electron chi connectivity index (χ1n) is 6.07. The van der Waals surface area contributed by atoms with Crippen LogP contribution in [0.25, 0.3) is 0 Å². The number of ether oxygens (including phenoxy) is 2. The summed E-state index contributed by atoms with van der Waals surface area (Å²) in [7, 11) is 1.57. The van der Waals surface area contributed by atoms with Crippen LogP contribution in [-0.4, -0.2) is 37.8 Å². The Balaban J connectivity index is 2.96. The third-order valence-electron chi connectivity index (χ3n) is 2.71. The molecule has 0 radical (unpaired) electrons. The number of hydrogen-bond acceptors (Lipinski definition) is 5. The van der Waals surface area contributed by atoms with Gasteiger partial charge in [-0.1, -0.05) is 0 Å². The van der Waals surface area contributed by atoms with Gasteiger partial charge in [-0.25, -0.2) is 9.18 Å². The average molecular weight is 270 g/mol. The third kappa shape index (κ3) is 3.97. The average Bonchev–Trinajstić information content (AvgIpc) is 2.39. The normalized spacial score (nSPS) is 13.9. The number of carbonyl (C=O) groups is 1. The molecular weight excluding hydrogens is 251 g/mol. The van der Waals surface area contributed by atoms with Crippen molar-refractivity contribution in [3.63, 3.8) is 0 Å². The van der Waals surface area contributed by atoms with E-state index in [2.05, 4.69) is 10.3 Å². The Morgan fingerprint density at radius 3 is 2.79 bits per heavy atom. The van der Waals surface area contributed by atoms with Gasteiger partial charge in [0.05, 0.1) is 25.1 Å². The van der Waals surface area contributed by atoms with E-state index in [1.54, 1.807) is 21.0 Å². The van der Waals surface area contributed by atoms with E-state index in [-0.39, 0.29) is 6.61 Å². The predicted octanol–water partition coefficient (Wildman–Crippen LogP) is 1.23. The van der Waals surface area contributed by atoms with E-state index in [0.717, 1.165) is 6.20 Å². The maximum absolute atomic E-state index is 12.9. The molecule has 5 nitrogen and oxygen atoms in total. The van der Waals surface area contributed by atoms with Crippen molar-refractivity contribution in [2.45, 2.75) is 19.4 Å². The molecule has 1 atom stereocenters. The van der Waals surface area contributed by atoms with Crippen LogP contribution in [0.4, 0.5) is 4.39 Å². The standard InChI is InChI=1S/C13H19FN2O3/c1-4-19-12(17)13(2,16-7-8-18-3)11-6-5-10(14)9-15-11/h5-6,9,16H,4,7-8H2,1-3H3. The molecule has 1 N–H and O–H groups in total. The summed E-state index contributed by atoms with van der Waals surface area (Å²) in [6.07, 6.45) is 1.07. The number of hydrogen-bond donors (Lipinski definition) is 1. The summed E-state index contributed by atoms with van der Waals surface area (Å²) in [6.45, 7) is 4.54. The van der Waals surface area contributed by atoms with Crippen molar-refractivity contribution in [2.75, 3.05) is 26.9 Å². The Morgan fingerprint density at radius 2 is 2.26 bits per heavy atom. The molecule has 0 spiro atoms. The van der Waals surface area contributed by atoms with Crippen LogP contribution in [0.5, 0.6) is 0 Å². The number of nitrogens with zero attached hydrogens (tertiary/aromatic N) is 1. The van der Waals surface area contributed by atoms with Gasteiger partial charge in [0, 0.05) is 13.7 Å². The SMILES string of the molecule is CCOC(=O)C(C)(NCCOC)c1ccc(F)cn1. The van der Waals surface area contributed by atoms with E-state index in [0.29, 0.717) is 18.8 Å². The van der Waals surface area contributed by atoms with Crippen LogP contribution < -0.4 is 5.32 Å². The van der Waals surface area contributed by atoms with Gasteiger partial charge in [0.1, 0.15) is 5.82 Å². The second kappa shape index (κ2) is 7.16. The summed E-state index contributed by atoms with van der Waals surface area (Å²) in [5, 5.41) is 3.03. The minimum atomic E-state index is -1.12. The molecule has 6 heteroatoms. The van der Waals surface area contributed by atoms with Crippen molar-refractivity contribution < 1.29 is 18.7 Å². The van der Waals surface area contributed by atoms with Crippen LogP contribution >= 0.6 is 0 Å². The maximum atomic E-state index is 12.9. The van der Waals surface area contributed by atoms with Gasteiger partial charge in [0.15, 0.2) is 5.54 Å². The van der Waals surface area contributed by atoms with Crippen LogP contribution in [-0.2, 0) is 19.8 Å². The van der Waals surface area contributed by atoms with E-state index in [4.69, 9.17) is 9.47 Å². The molecule has 1 rings (SSSR count). The highest BCUT2D eigenvalue weighted by Gasteiger charge is 2.37. The van der Waals surface area contributed by atoms with E-state index in [1.807, 2.05) is 0 Å². The van der Waals surface area contributed by atoms with Gasteiger partial charge in [-0.05, 0) is 26.0 Å². The fourth-order valence-electron chi connectivity index (χ4n) is 1.62. The number of aromatic nitrogens is 1. The Bertz CT molecular complexity index is 411. The molecule has 0 aliphatic carbocycles. The summed E-state index contributed by atoms with van der Waals surface area (Å²) in [5.41, 5.74) is -0.717. The Labute approximate surface area is 112 Å². The lowest BCUT2D eigenvalue weighted by Crippen LogP contribution is -2.49. The number of methoxy groups -OCH3 is 1. The third-order valence-corrected chi connectivity index (χ3v) is 2.71. The van der Waals surface area contributed by atoms with Crippen molar-refractivity contribution in [1.29, 1.82) is 0 Å². The van der Waals surface area contributed by atoms with Crippen molar-refractivity contribution in [1.82, 2.24) is 10.3 Å². The van der Waals surface area contributed by atoms with Gasteiger partial charge in [-0.15, -0.1) is 0 Å². The zero-order valence-electron chi connectivity index (χ0n) is 11.4. The molecule has 0 bridgehead atoms. The molecule has 19 heavy (non-hydrogen) atoms. The van der Waals surface area contributed by atoms with Crippen molar-refractivity contribution in [3.05, 3.63) is 29.8 Å². The smallest absolute Gasteiger partial charge is 0.332 e. The number of rotatable bonds is 7. The largest absolute Gasteiger partial charge is 0.464 e. The van der Waals surface area contributed by atoms with Gasteiger partial charge in [0.2, 0.25) is 0 Å². The second-order valence-electron chi connectivity index (χ2n) is 4.13. The molecule has 0 saturated heterocycles. The topological polar surface area (TPSA) is 60.5 Å². The lowest BCUT2D eigenvalue weighted by molar-refractivity contribution is -0.151. The minimum Gasteiger partial charge on any atom is -0.464 e. The molecule has 1 aromatic heterocycles. The summed E-state index contributed by atoms with van der Waals surface area (Å²) in [4.78, 5) is 16.0. The first kappa shape index (κ1) is 15.5. The molecular formula is C13H19FN2O3. The maximum Gasteiger partial charge on any atom is 0.332 e. The summed E-state index contributed by atoms with van der Waals surface area (Å²) in [5.74, 6) is -0.905. The van der Waals surface area contributed by atoms with Gasteiger partial charge in [0.25, 0.3) is 0 Å². The van der Waals surface area contributed by atoms with Crippen LogP contribution in [0.1, 0.15) is 19.5 Å². The van der Waals surface area contributed by atoms with Gasteiger partial charge in [-0.3, -0.25) is 10.3 Å². The van der Waals surface area contributed by atoms with Crippen molar-refractivity contribution >= 4 is 5.97 Å². The summed E-state index contributed by atoms with van der Waals surface area (Å²) < 4.78 is 22.9. The molecule has 0 aliphatic rings. The first-order chi connectivity index (χ1) is 9.04. The highest BCUT2D eigenvalue weighted by atomic mass is 19.1. The van der Waals surface area contributed by atoms with Crippen molar-refractivity contribution in [2.24, 2.45) is 0 Å². The van der Waals surface area contributed by atoms with Crippen LogP contribution in [0.15, 0.2) is 18.3 Å². The number of carbonyl (C=O) groups excluding carboxylic acids is 1. The number of halogens is 1. The van der Waals surface area contributed by atoms with E-state index < -0.39 is 17.3 Å². The molecule has 1 unspecified atom stereocenters. The van der Waals surface area contributed by atoms with E-state index in [9.17, 15) is 9.18 Å². The Hall–Kier alpha value is -1.53. The zero-order chi connectivity index (χ0) is 14.3. The molecule has 1 aromatic rings. The fraction of sp³-hybridized carbons (Fsp3) is 0.538. The summed E-state index contributed by atoms with van der Waals surface area (Å²) >= 11 is 0. The minimum absolute atomic E-state index is 0.265. The monoisotopic (exact) mass is 270 g/mol. The highest BCUT2D eigenvalue weighted by Crippen LogP contribution is 2.20. The van der Waals surface area contributed by atoms with E-state index in [1.165, 1.54) is 12.1 Å². The van der Waals surface area contributed by atoms with Gasteiger partial charge >= 0.3 is 5.97 Å². The lowest BCUT2D eigenvalue weighted by atomic mass is 9.97. The molecule has 0 amide bonds. The van der Waals surface area contributed by atoms with Gasteiger partial charge < -0.3 is 9.47 Å². The van der Waals surface area contributed by atoms with E-state index >= 15 is 0 Å². The highest BCUT2D eigenvalue weighted by molar-refractivity contribution is 5.81. The number of esters is 1. The second-order valence-corrected chi connectivity index (χ2v) is 4.13. The quantitative estimate of drug-likeness (QED) is 0.596. The lowest BCUT2D eigenvalue weighted by Gasteiger charge is -2.27. The fourth-order valence-corrected chi connectivity index (χ4v) is 1.62. The zero-order valence-corrected chi connectivity index (χ0v) is 11.4. The molecule has 1 heterocycles.